The summed E-state index contributed by atoms with van der Waals surface area (Å²) in [6.07, 6.45) is 0. The molecule has 0 saturated heterocycles. The molecule has 0 spiro atoms. The number of rotatable bonds is 3. The molecular weight excluding hydrogens is 189 g/mol. The maximum atomic E-state index is 13.9. The zero-order valence-electron chi connectivity index (χ0n) is 7.77. The van der Waals surface area contributed by atoms with Gasteiger partial charge in [-0.3, -0.25) is 0 Å². The third kappa shape index (κ3) is 2.68. The summed E-state index contributed by atoms with van der Waals surface area (Å²) in [6.45, 7) is 1.82. The summed E-state index contributed by atoms with van der Waals surface area (Å²) in [4.78, 5) is 0. The highest BCUT2D eigenvalue weighted by Gasteiger charge is 2.24. The quantitative estimate of drug-likeness (QED) is 0.793. The Morgan fingerprint density at radius 3 is 2.77 bits per heavy atom. The van der Waals surface area contributed by atoms with Gasteiger partial charge in [-0.25, -0.2) is 4.39 Å². The van der Waals surface area contributed by atoms with Gasteiger partial charge in [0.05, 0.1) is 0 Å². The molecule has 0 aliphatic heterocycles. The van der Waals surface area contributed by atoms with E-state index in [9.17, 15) is 4.39 Å². The van der Waals surface area contributed by atoms with E-state index in [0.717, 1.165) is 0 Å². The first-order chi connectivity index (χ1) is 6.06. The summed E-state index contributed by atoms with van der Waals surface area (Å²) in [5.74, 6) is 0. The number of hydrogen-bond donors (Lipinski definition) is 1. The van der Waals surface area contributed by atoms with Crippen molar-refractivity contribution < 1.29 is 4.39 Å². The van der Waals surface area contributed by atoms with Crippen molar-refractivity contribution in [2.75, 3.05) is 13.6 Å². The molecule has 3 heteroatoms. The van der Waals surface area contributed by atoms with E-state index >= 15 is 0 Å². The van der Waals surface area contributed by atoms with Gasteiger partial charge >= 0.3 is 0 Å². The number of benzene rings is 1. The Morgan fingerprint density at radius 1 is 1.54 bits per heavy atom. The molecule has 0 fully saturated rings. The predicted molar refractivity (Wildman–Crippen MR) is 53.8 cm³/mol. The van der Waals surface area contributed by atoms with Crippen LogP contribution >= 0.6 is 11.6 Å². The minimum atomic E-state index is -1.36. The maximum Gasteiger partial charge on any atom is 0.145 e. The molecule has 1 aromatic carbocycles. The molecule has 1 N–H and O–H groups in total. The van der Waals surface area contributed by atoms with Crippen molar-refractivity contribution in [3.05, 3.63) is 34.9 Å². The molecule has 0 radical (unpaired) electrons. The molecule has 1 aromatic rings. The molecule has 13 heavy (non-hydrogen) atoms. The average Bonchev–Trinajstić information content (AvgIpc) is 2.04. The molecule has 0 saturated carbocycles. The number of alkyl halides is 1. The van der Waals surface area contributed by atoms with Crippen LogP contribution in [0, 0.1) is 0 Å². The van der Waals surface area contributed by atoms with Crippen LogP contribution in [0.4, 0.5) is 4.39 Å². The standard InChI is InChI=1S/C10H13ClFN/c1-10(12,7-13-2)8-4-3-5-9(11)6-8/h3-6,13H,7H2,1-2H3. The lowest BCUT2D eigenvalue weighted by molar-refractivity contribution is 0.191. The molecule has 0 amide bonds. The van der Waals surface area contributed by atoms with Crippen molar-refractivity contribution in [3.8, 4) is 0 Å². The van der Waals surface area contributed by atoms with Crippen LogP contribution in [-0.2, 0) is 5.67 Å². The largest absolute Gasteiger partial charge is 0.316 e. The number of nitrogens with one attached hydrogen (secondary N) is 1. The lowest BCUT2D eigenvalue weighted by Gasteiger charge is -2.20. The summed E-state index contributed by atoms with van der Waals surface area (Å²) < 4.78 is 13.9. The van der Waals surface area contributed by atoms with Crippen LogP contribution in [-0.4, -0.2) is 13.6 Å². The SMILES string of the molecule is CNCC(C)(F)c1cccc(Cl)c1. The van der Waals surface area contributed by atoms with Crippen molar-refractivity contribution >= 4 is 11.6 Å². The average molecular weight is 202 g/mol. The zero-order chi connectivity index (χ0) is 9.90. The Labute approximate surface area is 82.9 Å². The van der Waals surface area contributed by atoms with E-state index in [4.69, 9.17) is 11.6 Å². The maximum absolute atomic E-state index is 13.9. The van der Waals surface area contributed by atoms with Gasteiger partial charge in [-0.1, -0.05) is 23.7 Å². The summed E-state index contributed by atoms with van der Waals surface area (Å²) in [6, 6.07) is 6.88. The van der Waals surface area contributed by atoms with E-state index < -0.39 is 5.67 Å². The van der Waals surface area contributed by atoms with Gasteiger partial charge in [-0.05, 0) is 31.7 Å². The number of halogens is 2. The molecule has 1 nitrogen and oxygen atoms in total. The van der Waals surface area contributed by atoms with Gasteiger partial charge in [0.15, 0.2) is 0 Å². The van der Waals surface area contributed by atoms with E-state index in [-0.39, 0.29) is 6.54 Å². The molecule has 0 heterocycles. The van der Waals surface area contributed by atoms with Crippen LogP contribution in [0.3, 0.4) is 0 Å². The molecule has 1 atom stereocenters. The first-order valence-corrected chi connectivity index (χ1v) is 4.53. The molecule has 0 aliphatic carbocycles. The van der Waals surface area contributed by atoms with Crippen LogP contribution in [0.25, 0.3) is 0 Å². The van der Waals surface area contributed by atoms with Gasteiger partial charge in [-0.2, -0.15) is 0 Å². The fraction of sp³-hybridized carbons (Fsp3) is 0.400. The molecule has 0 aliphatic rings. The molecule has 0 aromatic heterocycles. The summed E-state index contributed by atoms with van der Waals surface area (Å²) in [7, 11) is 1.72. The second-order valence-electron chi connectivity index (χ2n) is 3.24. The Hall–Kier alpha value is -0.600. The van der Waals surface area contributed by atoms with Gasteiger partial charge in [0.2, 0.25) is 0 Å². The number of hydrogen-bond acceptors (Lipinski definition) is 1. The van der Waals surface area contributed by atoms with Gasteiger partial charge < -0.3 is 5.32 Å². The lowest BCUT2D eigenvalue weighted by atomic mass is 9.98. The van der Waals surface area contributed by atoms with Crippen molar-refractivity contribution in [2.45, 2.75) is 12.6 Å². The number of likely N-dealkylation sites (N-methyl/N-ethyl adjacent to an activating group) is 1. The van der Waals surface area contributed by atoms with E-state index in [1.165, 1.54) is 6.92 Å². The Morgan fingerprint density at radius 2 is 2.23 bits per heavy atom. The minimum absolute atomic E-state index is 0.285. The minimum Gasteiger partial charge on any atom is -0.316 e. The topological polar surface area (TPSA) is 12.0 Å². The normalized spacial score (nSPS) is 15.4. The Bertz CT molecular complexity index is 286. The summed E-state index contributed by atoms with van der Waals surface area (Å²) in [5.41, 5.74) is -0.756. The molecule has 1 unspecified atom stereocenters. The van der Waals surface area contributed by atoms with Crippen LogP contribution in [0.15, 0.2) is 24.3 Å². The van der Waals surface area contributed by atoms with Crippen LogP contribution < -0.4 is 5.32 Å². The van der Waals surface area contributed by atoms with Crippen LogP contribution in [0.5, 0.6) is 0 Å². The van der Waals surface area contributed by atoms with E-state index in [1.807, 2.05) is 0 Å². The smallest absolute Gasteiger partial charge is 0.145 e. The molecule has 0 bridgehead atoms. The Balaban J connectivity index is 2.93. The van der Waals surface area contributed by atoms with Crippen LogP contribution in [0.1, 0.15) is 12.5 Å². The van der Waals surface area contributed by atoms with Gasteiger partial charge in [0, 0.05) is 11.6 Å². The van der Waals surface area contributed by atoms with Crippen molar-refractivity contribution in [1.82, 2.24) is 5.32 Å². The van der Waals surface area contributed by atoms with Crippen molar-refractivity contribution in [1.29, 1.82) is 0 Å². The first kappa shape index (κ1) is 10.5. The van der Waals surface area contributed by atoms with Gasteiger partial charge in [-0.15, -0.1) is 0 Å². The molecule has 1 rings (SSSR count). The van der Waals surface area contributed by atoms with E-state index in [1.54, 1.807) is 31.3 Å². The fourth-order valence-electron chi connectivity index (χ4n) is 1.25. The molecular formula is C10H13ClFN. The van der Waals surface area contributed by atoms with Gasteiger partial charge in [0.1, 0.15) is 5.67 Å². The third-order valence-electron chi connectivity index (χ3n) is 1.94. The monoisotopic (exact) mass is 201 g/mol. The van der Waals surface area contributed by atoms with Crippen LogP contribution in [0.2, 0.25) is 5.02 Å². The highest BCUT2D eigenvalue weighted by Crippen LogP contribution is 2.26. The summed E-state index contributed by atoms with van der Waals surface area (Å²) in [5, 5.41) is 3.37. The predicted octanol–water partition coefficient (Wildman–Crippen LogP) is 2.74. The summed E-state index contributed by atoms with van der Waals surface area (Å²) >= 11 is 5.76. The fourth-order valence-corrected chi connectivity index (χ4v) is 1.44. The second kappa shape index (κ2) is 4.07. The molecule has 72 valence electrons. The van der Waals surface area contributed by atoms with Gasteiger partial charge in [0.25, 0.3) is 0 Å². The van der Waals surface area contributed by atoms with E-state index in [0.29, 0.717) is 10.6 Å². The van der Waals surface area contributed by atoms with Crippen molar-refractivity contribution in [3.63, 3.8) is 0 Å². The first-order valence-electron chi connectivity index (χ1n) is 4.16. The highest BCUT2D eigenvalue weighted by molar-refractivity contribution is 6.30. The van der Waals surface area contributed by atoms with Crippen molar-refractivity contribution in [2.24, 2.45) is 0 Å². The lowest BCUT2D eigenvalue weighted by Crippen LogP contribution is -2.29. The highest BCUT2D eigenvalue weighted by atomic mass is 35.5. The Kier molecular flexibility index (Phi) is 3.28. The second-order valence-corrected chi connectivity index (χ2v) is 3.67. The third-order valence-corrected chi connectivity index (χ3v) is 2.17. The zero-order valence-corrected chi connectivity index (χ0v) is 8.53. The van der Waals surface area contributed by atoms with E-state index in [2.05, 4.69) is 5.32 Å².